The van der Waals surface area contributed by atoms with Gasteiger partial charge in [0.15, 0.2) is 0 Å². The Morgan fingerprint density at radius 3 is 2.55 bits per heavy atom. The molecule has 1 heterocycles. The van der Waals surface area contributed by atoms with E-state index in [1.54, 1.807) is 19.1 Å². The van der Waals surface area contributed by atoms with E-state index in [0.717, 1.165) is 22.5 Å². The molecule has 2 rings (SSSR count). The third-order valence-electron chi connectivity index (χ3n) is 2.78. The Balaban J connectivity index is 2.35. The molecule has 1 aromatic heterocycles. The first-order valence-corrected chi connectivity index (χ1v) is 8.92. The lowest BCUT2D eigenvalue weighted by molar-refractivity contribution is 0.285. The average Bonchev–Trinajstić information content (AvgIpc) is 2.75. The maximum atomic E-state index is 12.3. The van der Waals surface area contributed by atoms with Gasteiger partial charge in [0.25, 0.3) is 10.0 Å². The number of halogens is 1. The Morgan fingerprint density at radius 1 is 1.30 bits per heavy atom. The van der Waals surface area contributed by atoms with E-state index >= 15 is 0 Å². The SMILES string of the molecule is Cc1ccc(NS(=O)(=O)c2cc(C)c(CO)s2)c(Br)c1. The third-order valence-corrected chi connectivity index (χ3v) is 6.49. The van der Waals surface area contributed by atoms with Crippen LogP contribution in [0.5, 0.6) is 0 Å². The number of anilines is 1. The van der Waals surface area contributed by atoms with Gasteiger partial charge in [0.2, 0.25) is 0 Å². The smallest absolute Gasteiger partial charge is 0.271 e. The van der Waals surface area contributed by atoms with Gasteiger partial charge in [-0.25, -0.2) is 8.42 Å². The predicted octanol–water partition coefficient (Wildman–Crippen LogP) is 3.42. The number of hydrogen-bond donors (Lipinski definition) is 2. The van der Waals surface area contributed by atoms with Gasteiger partial charge in [0, 0.05) is 9.35 Å². The van der Waals surface area contributed by atoms with Crippen LogP contribution >= 0.6 is 27.3 Å². The van der Waals surface area contributed by atoms with Crippen molar-refractivity contribution in [2.24, 2.45) is 0 Å². The molecule has 0 radical (unpaired) electrons. The summed E-state index contributed by atoms with van der Waals surface area (Å²) in [4.78, 5) is 0.661. The van der Waals surface area contributed by atoms with Crippen molar-refractivity contribution >= 4 is 43.0 Å². The molecule has 0 aliphatic heterocycles. The summed E-state index contributed by atoms with van der Waals surface area (Å²) < 4.78 is 28.1. The maximum absolute atomic E-state index is 12.3. The largest absolute Gasteiger partial charge is 0.391 e. The Labute approximate surface area is 130 Å². The van der Waals surface area contributed by atoms with Crippen molar-refractivity contribution in [1.29, 1.82) is 0 Å². The first-order valence-electron chi connectivity index (χ1n) is 5.82. The van der Waals surface area contributed by atoms with Crippen molar-refractivity contribution in [3.63, 3.8) is 0 Å². The van der Waals surface area contributed by atoms with Crippen LogP contribution in [0.3, 0.4) is 0 Å². The van der Waals surface area contributed by atoms with E-state index in [0.29, 0.717) is 15.0 Å². The van der Waals surface area contributed by atoms with Crippen molar-refractivity contribution in [1.82, 2.24) is 0 Å². The van der Waals surface area contributed by atoms with Crippen LogP contribution in [0.15, 0.2) is 32.9 Å². The fourth-order valence-corrected chi connectivity index (χ4v) is 4.93. The highest BCUT2D eigenvalue weighted by Gasteiger charge is 2.19. The number of aliphatic hydroxyl groups excluding tert-OH is 1. The Morgan fingerprint density at radius 2 is 2.00 bits per heavy atom. The van der Waals surface area contributed by atoms with Gasteiger partial charge in [-0.2, -0.15) is 0 Å². The molecule has 108 valence electrons. The summed E-state index contributed by atoms with van der Waals surface area (Å²) in [5, 5.41) is 9.15. The van der Waals surface area contributed by atoms with Gasteiger partial charge in [0.05, 0.1) is 12.3 Å². The highest BCUT2D eigenvalue weighted by molar-refractivity contribution is 9.10. The van der Waals surface area contributed by atoms with Gasteiger partial charge >= 0.3 is 0 Å². The fourth-order valence-electron chi connectivity index (χ4n) is 1.68. The molecule has 0 saturated carbocycles. The monoisotopic (exact) mass is 375 g/mol. The lowest BCUT2D eigenvalue weighted by atomic mass is 10.2. The van der Waals surface area contributed by atoms with Crippen molar-refractivity contribution in [3.05, 3.63) is 44.7 Å². The molecule has 0 bridgehead atoms. The topological polar surface area (TPSA) is 66.4 Å². The number of sulfonamides is 1. The van der Waals surface area contributed by atoms with Crippen molar-refractivity contribution in [3.8, 4) is 0 Å². The molecule has 0 aliphatic carbocycles. The van der Waals surface area contributed by atoms with E-state index in [1.807, 2.05) is 19.1 Å². The second-order valence-corrected chi connectivity index (χ2v) is 8.32. The van der Waals surface area contributed by atoms with Crippen LogP contribution in [0.25, 0.3) is 0 Å². The van der Waals surface area contributed by atoms with Gasteiger partial charge in [0.1, 0.15) is 4.21 Å². The van der Waals surface area contributed by atoms with Crippen LogP contribution in [0, 0.1) is 13.8 Å². The number of thiophene rings is 1. The molecular formula is C13H14BrNO3S2. The van der Waals surface area contributed by atoms with Gasteiger partial charge in [-0.15, -0.1) is 11.3 Å². The van der Waals surface area contributed by atoms with Crippen LogP contribution in [0.1, 0.15) is 16.0 Å². The minimum Gasteiger partial charge on any atom is -0.391 e. The van der Waals surface area contributed by atoms with Gasteiger partial charge in [-0.05, 0) is 59.1 Å². The zero-order valence-corrected chi connectivity index (χ0v) is 14.2. The quantitative estimate of drug-likeness (QED) is 0.859. The summed E-state index contributed by atoms with van der Waals surface area (Å²) >= 11 is 4.42. The molecule has 0 fully saturated rings. The number of nitrogens with one attached hydrogen (secondary N) is 1. The lowest BCUT2D eigenvalue weighted by Gasteiger charge is -2.08. The number of rotatable bonds is 4. The molecule has 0 amide bonds. The van der Waals surface area contributed by atoms with Crippen molar-refractivity contribution in [2.75, 3.05) is 4.72 Å². The zero-order chi connectivity index (χ0) is 14.9. The summed E-state index contributed by atoms with van der Waals surface area (Å²) in [6.07, 6.45) is 0. The molecule has 7 heteroatoms. The zero-order valence-electron chi connectivity index (χ0n) is 11.0. The second kappa shape index (κ2) is 5.85. The molecule has 20 heavy (non-hydrogen) atoms. The molecule has 4 nitrogen and oxygen atoms in total. The summed E-state index contributed by atoms with van der Waals surface area (Å²) in [5.74, 6) is 0. The second-order valence-electron chi connectivity index (χ2n) is 4.42. The van der Waals surface area contributed by atoms with Crippen LogP contribution in [-0.2, 0) is 16.6 Å². The van der Waals surface area contributed by atoms with Crippen molar-refractivity contribution < 1.29 is 13.5 Å². The van der Waals surface area contributed by atoms with E-state index in [4.69, 9.17) is 5.11 Å². The normalized spacial score (nSPS) is 11.6. The molecule has 0 unspecified atom stereocenters. The highest BCUT2D eigenvalue weighted by atomic mass is 79.9. The van der Waals surface area contributed by atoms with E-state index < -0.39 is 10.0 Å². The summed E-state index contributed by atoms with van der Waals surface area (Å²) in [6, 6.07) is 6.96. The van der Waals surface area contributed by atoms with Crippen LogP contribution in [-0.4, -0.2) is 13.5 Å². The standard InChI is InChI=1S/C13H14BrNO3S2/c1-8-3-4-11(10(14)5-8)15-20(17,18)13-6-9(2)12(7-16)19-13/h3-6,15-16H,7H2,1-2H3. The summed E-state index contributed by atoms with van der Waals surface area (Å²) in [5.41, 5.74) is 2.31. The number of benzene rings is 1. The molecule has 0 saturated heterocycles. The van der Waals surface area contributed by atoms with Gasteiger partial charge in [-0.3, -0.25) is 4.72 Å². The number of hydrogen-bond acceptors (Lipinski definition) is 4. The minimum absolute atomic E-state index is 0.153. The van der Waals surface area contributed by atoms with Crippen molar-refractivity contribution in [2.45, 2.75) is 24.7 Å². The lowest BCUT2D eigenvalue weighted by Crippen LogP contribution is -2.11. The van der Waals surface area contributed by atoms with Gasteiger partial charge in [-0.1, -0.05) is 6.07 Å². The van der Waals surface area contributed by atoms with Crippen LogP contribution in [0.2, 0.25) is 0 Å². The summed E-state index contributed by atoms with van der Waals surface area (Å²) in [7, 11) is -3.63. The fraction of sp³-hybridized carbons (Fsp3) is 0.231. The minimum atomic E-state index is -3.63. The predicted molar refractivity (Wildman–Crippen MR) is 84.7 cm³/mol. The Kier molecular flexibility index (Phi) is 4.53. The van der Waals surface area contributed by atoms with Crippen LogP contribution < -0.4 is 4.72 Å². The molecule has 2 aromatic rings. The molecule has 2 N–H and O–H groups in total. The van der Waals surface area contributed by atoms with E-state index in [2.05, 4.69) is 20.7 Å². The molecule has 0 aliphatic rings. The van der Waals surface area contributed by atoms with Gasteiger partial charge < -0.3 is 5.11 Å². The maximum Gasteiger partial charge on any atom is 0.271 e. The first kappa shape index (κ1) is 15.5. The highest BCUT2D eigenvalue weighted by Crippen LogP contribution is 2.30. The Hall–Kier alpha value is -0.890. The van der Waals surface area contributed by atoms with E-state index in [1.165, 1.54) is 0 Å². The van der Waals surface area contributed by atoms with Crippen LogP contribution in [0.4, 0.5) is 5.69 Å². The Bertz CT molecular complexity index is 738. The van der Waals surface area contributed by atoms with E-state index in [9.17, 15) is 8.42 Å². The first-order chi connectivity index (χ1) is 9.33. The third kappa shape index (κ3) is 3.22. The number of aryl methyl sites for hydroxylation is 2. The summed E-state index contributed by atoms with van der Waals surface area (Å²) in [6.45, 7) is 3.56. The number of aliphatic hydroxyl groups is 1. The molecular weight excluding hydrogens is 362 g/mol. The molecule has 0 atom stereocenters. The average molecular weight is 376 g/mol. The van der Waals surface area contributed by atoms with E-state index in [-0.39, 0.29) is 10.8 Å². The molecule has 1 aromatic carbocycles. The molecule has 0 spiro atoms.